The van der Waals surface area contributed by atoms with E-state index in [2.05, 4.69) is 0 Å². The highest BCUT2D eigenvalue weighted by Gasteiger charge is 2.11. The molecule has 0 saturated heterocycles. The average molecular weight is 192 g/mol. The Kier molecular flexibility index (Phi) is 1.70. The van der Waals surface area contributed by atoms with Crippen LogP contribution in [0.2, 0.25) is 0 Å². The van der Waals surface area contributed by atoms with Crippen LogP contribution >= 0.6 is 0 Å². The first-order valence-electron chi connectivity index (χ1n) is 4.04. The number of rotatable bonds is 0. The van der Waals surface area contributed by atoms with Gasteiger partial charge >= 0.3 is 0 Å². The molecule has 1 aromatic heterocycles. The smallest absolute Gasteiger partial charge is 0.196 e. The summed E-state index contributed by atoms with van der Waals surface area (Å²) >= 11 is 0. The molecule has 2 aromatic rings. The number of hydrogen-bond donors (Lipinski definition) is 2. The van der Waals surface area contributed by atoms with Crippen LogP contribution in [0, 0.1) is 6.92 Å². The molecule has 0 saturated carbocycles. The zero-order valence-corrected chi connectivity index (χ0v) is 7.44. The predicted molar refractivity (Wildman–Crippen MR) is 50.6 cm³/mol. The fourth-order valence-electron chi connectivity index (χ4n) is 1.36. The molecule has 0 aliphatic heterocycles. The Bertz CT molecular complexity index is 554. The van der Waals surface area contributed by atoms with Crippen molar-refractivity contribution >= 4 is 11.0 Å². The molecule has 72 valence electrons. The number of phenols is 2. The van der Waals surface area contributed by atoms with Gasteiger partial charge in [-0.1, -0.05) is 0 Å². The van der Waals surface area contributed by atoms with E-state index < -0.39 is 0 Å². The van der Waals surface area contributed by atoms with Crippen LogP contribution in [0.25, 0.3) is 11.0 Å². The summed E-state index contributed by atoms with van der Waals surface area (Å²) in [4.78, 5) is 11.4. The van der Waals surface area contributed by atoms with Gasteiger partial charge in [0.15, 0.2) is 5.43 Å². The summed E-state index contributed by atoms with van der Waals surface area (Å²) in [5.74, 6) is -0.359. The van der Waals surface area contributed by atoms with Crippen molar-refractivity contribution < 1.29 is 14.6 Å². The number of fused-ring (bicyclic) bond motifs is 1. The SMILES string of the molecule is Cc1c(O)cc(O)c2c(=O)ccoc12. The van der Waals surface area contributed by atoms with Gasteiger partial charge in [0.1, 0.15) is 22.5 Å². The van der Waals surface area contributed by atoms with E-state index in [4.69, 9.17) is 4.42 Å². The Labute approximate surface area is 79.0 Å². The lowest BCUT2D eigenvalue weighted by Crippen LogP contribution is -1.99. The van der Waals surface area contributed by atoms with Crippen LogP contribution in [-0.4, -0.2) is 10.2 Å². The van der Waals surface area contributed by atoms with Gasteiger partial charge in [-0.2, -0.15) is 0 Å². The van der Waals surface area contributed by atoms with Gasteiger partial charge in [-0.05, 0) is 6.92 Å². The second-order valence-electron chi connectivity index (χ2n) is 3.03. The molecule has 4 heteroatoms. The highest BCUT2D eigenvalue weighted by Crippen LogP contribution is 2.31. The Morgan fingerprint density at radius 3 is 2.71 bits per heavy atom. The maximum atomic E-state index is 11.4. The van der Waals surface area contributed by atoms with Gasteiger partial charge in [0, 0.05) is 17.7 Å². The van der Waals surface area contributed by atoms with Gasteiger partial charge in [0.25, 0.3) is 0 Å². The van der Waals surface area contributed by atoms with E-state index in [0.29, 0.717) is 5.56 Å². The molecule has 2 rings (SSSR count). The highest BCUT2D eigenvalue weighted by molar-refractivity contribution is 5.87. The maximum Gasteiger partial charge on any atom is 0.196 e. The normalized spacial score (nSPS) is 10.6. The summed E-state index contributed by atoms with van der Waals surface area (Å²) in [5, 5.41) is 18.9. The summed E-state index contributed by atoms with van der Waals surface area (Å²) < 4.78 is 5.06. The van der Waals surface area contributed by atoms with Gasteiger partial charge in [0.2, 0.25) is 0 Å². The standard InChI is InChI=1S/C10H8O4/c1-5-7(12)4-8(13)9-6(11)2-3-14-10(5)9/h2-4,12-13H,1H3. The molecule has 0 unspecified atom stereocenters. The van der Waals surface area contributed by atoms with E-state index in [0.717, 1.165) is 6.07 Å². The Morgan fingerprint density at radius 2 is 2.00 bits per heavy atom. The fraction of sp³-hybridized carbons (Fsp3) is 0.100. The Hall–Kier alpha value is -1.97. The van der Waals surface area contributed by atoms with Crippen LogP contribution in [0.5, 0.6) is 11.5 Å². The first kappa shape index (κ1) is 8.62. The van der Waals surface area contributed by atoms with Crippen LogP contribution in [0.4, 0.5) is 0 Å². The summed E-state index contributed by atoms with van der Waals surface area (Å²) in [6.07, 6.45) is 1.23. The van der Waals surface area contributed by atoms with Gasteiger partial charge in [0.05, 0.1) is 6.26 Å². The summed E-state index contributed by atoms with van der Waals surface area (Å²) in [7, 11) is 0. The number of aryl methyl sites for hydroxylation is 1. The largest absolute Gasteiger partial charge is 0.507 e. The highest BCUT2D eigenvalue weighted by atomic mass is 16.3. The molecule has 0 radical (unpaired) electrons. The van der Waals surface area contributed by atoms with Gasteiger partial charge in [-0.15, -0.1) is 0 Å². The lowest BCUT2D eigenvalue weighted by molar-refractivity contribution is 0.449. The molecule has 0 aliphatic rings. The minimum absolute atomic E-state index is 0.0932. The fourth-order valence-corrected chi connectivity index (χ4v) is 1.36. The second-order valence-corrected chi connectivity index (χ2v) is 3.03. The number of phenolic OH excluding ortho intramolecular Hbond substituents is 2. The molecule has 0 spiro atoms. The van der Waals surface area contributed by atoms with E-state index in [1.54, 1.807) is 6.92 Å². The van der Waals surface area contributed by atoms with Crippen molar-refractivity contribution in [3.8, 4) is 11.5 Å². The minimum atomic E-state index is -0.327. The molecule has 0 amide bonds. The lowest BCUT2D eigenvalue weighted by Gasteiger charge is -2.04. The van der Waals surface area contributed by atoms with E-state index >= 15 is 0 Å². The molecule has 0 atom stereocenters. The van der Waals surface area contributed by atoms with Gasteiger partial charge in [-0.3, -0.25) is 4.79 Å². The second kappa shape index (κ2) is 2.77. The van der Waals surface area contributed by atoms with E-state index in [1.807, 2.05) is 0 Å². The predicted octanol–water partition coefficient (Wildman–Crippen LogP) is 1.51. The Balaban J connectivity index is 3.10. The lowest BCUT2D eigenvalue weighted by atomic mass is 10.1. The monoisotopic (exact) mass is 192 g/mol. The van der Waals surface area contributed by atoms with Crippen LogP contribution < -0.4 is 5.43 Å². The number of hydrogen-bond acceptors (Lipinski definition) is 4. The number of benzene rings is 1. The third-order valence-electron chi connectivity index (χ3n) is 2.13. The molecule has 0 fully saturated rings. The molecule has 1 heterocycles. The molecule has 0 bridgehead atoms. The first-order chi connectivity index (χ1) is 6.61. The zero-order valence-electron chi connectivity index (χ0n) is 7.44. The Morgan fingerprint density at radius 1 is 1.29 bits per heavy atom. The van der Waals surface area contributed by atoms with Crippen molar-refractivity contribution in [3.63, 3.8) is 0 Å². The van der Waals surface area contributed by atoms with Crippen LogP contribution in [0.3, 0.4) is 0 Å². The summed E-state index contributed by atoms with van der Waals surface area (Å²) in [6.45, 7) is 1.61. The quantitative estimate of drug-likeness (QED) is 0.663. The third kappa shape index (κ3) is 1.04. The van der Waals surface area contributed by atoms with E-state index in [1.165, 1.54) is 12.3 Å². The van der Waals surface area contributed by atoms with E-state index in [-0.39, 0.29) is 27.9 Å². The maximum absolute atomic E-state index is 11.4. The van der Waals surface area contributed by atoms with E-state index in [9.17, 15) is 15.0 Å². The summed E-state index contributed by atoms with van der Waals surface area (Å²) in [6, 6.07) is 2.35. The molecule has 1 aromatic carbocycles. The average Bonchev–Trinajstić information content (AvgIpc) is 2.14. The van der Waals surface area contributed by atoms with Crippen molar-refractivity contribution in [2.45, 2.75) is 6.92 Å². The molecule has 0 aliphatic carbocycles. The van der Waals surface area contributed by atoms with Gasteiger partial charge in [-0.25, -0.2) is 0 Å². The zero-order chi connectivity index (χ0) is 10.3. The van der Waals surface area contributed by atoms with Crippen molar-refractivity contribution in [1.29, 1.82) is 0 Å². The van der Waals surface area contributed by atoms with Gasteiger partial charge < -0.3 is 14.6 Å². The van der Waals surface area contributed by atoms with Crippen LogP contribution in [0.15, 0.2) is 27.6 Å². The molecule has 14 heavy (non-hydrogen) atoms. The van der Waals surface area contributed by atoms with Crippen molar-refractivity contribution in [2.24, 2.45) is 0 Å². The molecule has 2 N–H and O–H groups in total. The minimum Gasteiger partial charge on any atom is -0.507 e. The van der Waals surface area contributed by atoms with Crippen LogP contribution in [0.1, 0.15) is 5.56 Å². The number of aromatic hydroxyl groups is 2. The van der Waals surface area contributed by atoms with Crippen molar-refractivity contribution in [3.05, 3.63) is 34.2 Å². The first-order valence-corrected chi connectivity index (χ1v) is 4.04. The third-order valence-corrected chi connectivity index (χ3v) is 2.13. The molecular weight excluding hydrogens is 184 g/mol. The van der Waals surface area contributed by atoms with Crippen LogP contribution in [-0.2, 0) is 0 Å². The topological polar surface area (TPSA) is 70.7 Å². The van der Waals surface area contributed by atoms with Crippen molar-refractivity contribution in [2.75, 3.05) is 0 Å². The molecule has 4 nitrogen and oxygen atoms in total. The molecular formula is C10H8O4. The van der Waals surface area contributed by atoms with Crippen molar-refractivity contribution in [1.82, 2.24) is 0 Å². The summed E-state index contributed by atoms with van der Waals surface area (Å²) in [5.41, 5.74) is 0.331.